The fraction of sp³-hybridized carbons (Fsp3) is 0. The predicted molar refractivity (Wildman–Crippen MR) is 70.9 cm³/mol. The van der Waals surface area contributed by atoms with Gasteiger partial charge >= 0.3 is 28.5 Å². The lowest BCUT2D eigenvalue weighted by molar-refractivity contribution is -0.556. The first kappa shape index (κ1) is 17.7. The molecule has 2 aromatic carbocycles. The van der Waals surface area contributed by atoms with Crippen molar-refractivity contribution in [3.8, 4) is 0 Å². The van der Waals surface area contributed by atoms with E-state index in [0.29, 0.717) is 5.56 Å². The summed E-state index contributed by atoms with van der Waals surface area (Å²) in [6.45, 7) is 0. The number of benzene rings is 2. The average molecular weight is 412 g/mol. The van der Waals surface area contributed by atoms with Crippen LogP contribution in [-0.2, 0) is 0 Å². The van der Waals surface area contributed by atoms with Crippen molar-refractivity contribution in [3.05, 3.63) is 73.9 Å². The second kappa shape index (κ2) is 8.81. The number of halogens is 6. The summed E-state index contributed by atoms with van der Waals surface area (Å²) >= 11 is -0.376. The van der Waals surface area contributed by atoms with E-state index in [9.17, 15) is 21.7 Å². The summed E-state index contributed by atoms with van der Waals surface area (Å²) in [6, 6.07) is 19.2. The van der Waals surface area contributed by atoms with Gasteiger partial charge < -0.3 is 17.3 Å². The zero-order valence-electron chi connectivity index (χ0n) is 10.7. The minimum Gasteiger partial charge on any atom is -0.418 e. The lowest BCUT2D eigenvalue weighted by atomic mass is 10.2. The van der Waals surface area contributed by atoms with Crippen molar-refractivity contribution in [2.45, 2.75) is 0 Å². The summed E-state index contributed by atoms with van der Waals surface area (Å²) in [4.78, 5) is 0. The van der Waals surface area contributed by atoms with E-state index in [1.165, 1.54) is 3.57 Å². The molecule has 0 nitrogen and oxygen atoms in total. The van der Waals surface area contributed by atoms with E-state index in [0.717, 1.165) is 0 Å². The van der Waals surface area contributed by atoms with Crippen molar-refractivity contribution in [2.75, 3.05) is 0 Å². The third-order valence-electron chi connectivity index (χ3n) is 2.06. The molecule has 0 N–H and O–H groups in total. The molecule has 0 aromatic heterocycles. The maximum Gasteiger partial charge on any atom is 0.673 e. The quantitative estimate of drug-likeness (QED) is 0.413. The van der Waals surface area contributed by atoms with Gasteiger partial charge in [-0.2, -0.15) is 0 Å². The summed E-state index contributed by atoms with van der Waals surface area (Å²) in [5.74, 6) is -0.114. The first-order valence-electron chi connectivity index (χ1n) is 5.83. The Morgan fingerprint density at radius 2 is 1.24 bits per heavy atom. The van der Waals surface area contributed by atoms with Crippen molar-refractivity contribution in [2.24, 2.45) is 0 Å². The van der Waals surface area contributed by atoms with Gasteiger partial charge in [-0.1, -0.05) is 48.5 Å². The van der Waals surface area contributed by atoms with Crippen LogP contribution in [0, 0.1) is 3.57 Å². The van der Waals surface area contributed by atoms with Gasteiger partial charge in [0.1, 0.15) is 0 Å². The molecular weight excluding hydrogens is 401 g/mol. The SMILES string of the molecule is F/C(=C\[I+]c1ccccc1)c1ccccc1.F[B-](F)(F)F. The highest BCUT2D eigenvalue weighted by molar-refractivity contribution is 6.50. The van der Waals surface area contributed by atoms with E-state index < -0.39 is 7.25 Å². The normalized spacial score (nSPS) is 11.6. The number of hydrogen-bond acceptors (Lipinski definition) is 0. The molecule has 0 saturated carbocycles. The molecule has 7 heteroatoms. The van der Waals surface area contributed by atoms with Crippen molar-refractivity contribution in [1.82, 2.24) is 0 Å². The minimum atomic E-state index is -6.00. The van der Waals surface area contributed by atoms with Gasteiger partial charge in [-0.25, -0.2) is 4.39 Å². The van der Waals surface area contributed by atoms with Gasteiger partial charge in [0.05, 0.1) is 0 Å². The average Bonchev–Trinajstić information content (AvgIpc) is 2.45. The minimum absolute atomic E-state index is 0.114. The second-order valence-corrected chi connectivity index (χ2v) is 6.21. The van der Waals surface area contributed by atoms with E-state index >= 15 is 0 Å². The van der Waals surface area contributed by atoms with E-state index in [4.69, 9.17) is 0 Å². The van der Waals surface area contributed by atoms with Gasteiger partial charge in [0.25, 0.3) is 0 Å². The molecule has 0 atom stereocenters. The molecule has 0 unspecified atom stereocenters. The summed E-state index contributed by atoms with van der Waals surface area (Å²) in [6.07, 6.45) is 0. The van der Waals surface area contributed by atoms with Crippen molar-refractivity contribution in [1.29, 1.82) is 0 Å². The van der Waals surface area contributed by atoms with Crippen LogP contribution in [-0.4, -0.2) is 7.25 Å². The molecule has 0 fully saturated rings. The molecular formula is C14H11BF5I. The molecule has 0 radical (unpaired) electrons. The molecule has 0 spiro atoms. The Labute approximate surface area is 130 Å². The molecule has 112 valence electrons. The zero-order chi connectivity index (χ0) is 15.7. The van der Waals surface area contributed by atoms with E-state index in [-0.39, 0.29) is 27.0 Å². The van der Waals surface area contributed by atoms with Crippen molar-refractivity contribution >= 4 is 13.1 Å². The van der Waals surface area contributed by atoms with Gasteiger partial charge in [0.15, 0.2) is 13.5 Å². The topological polar surface area (TPSA) is 0 Å². The molecule has 0 aliphatic heterocycles. The van der Waals surface area contributed by atoms with Crippen LogP contribution in [0.4, 0.5) is 21.7 Å². The predicted octanol–water partition coefficient (Wildman–Crippen LogP) is 2.21. The first-order chi connectivity index (χ1) is 9.86. The van der Waals surface area contributed by atoms with Crippen LogP contribution >= 0.6 is 0 Å². The maximum atomic E-state index is 13.7. The molecule has 0 aliphatic carbocycles. The van der Waals surface area contributed by atoms with E-state index in [1.807, 2.05) is 48.5 Å². The number of rotatable bonds is 3. The fourth-order valence-corrected chi connectivity index (χ4v) is 3.08. The Kier molecular flexibility index (Phi) is 7.42. The monoisotopic (exact) mass is 412 g/mol. The Balaban J connectivity index is 0.000000383. The molecule has 0 heterocycles. The van der Waals surface area contributed by atoms with Crippen molar-refractivity contribution in [3.63, 3.8) is 0 Å². The summed E-state index contributed by atoms with van der Waals surface area (Å²) in [7, 11) is -6.00. The molecule has 0 bridgehead atoms. The van der Waals surface area contributed by atoms with Gasteiger partial charge in [0.2, 0.25) is 0 Å². The Morgan fingerprint density at radius 1 is 0.810 bits per heavy atom. The lowest BCUT2D eigenvalue weighted by Gasteiger charge is -1.94. The molecule has 0 amide bonds. The highest BCUT2D eigenvalue weighted by Crippen LogP contribution is 2.12. The van der Waals surface area contributed by atoms with E-state index in [2.05, 4.69) is 0 Å². The number of hydrogen-bond donors (Lipinski definition) is 0. The van der Waals surface area contributed by atoms with Crippen LogP contribution in [0.1, 0.15) is 5.56 Å². The lowest BCUT2D eigenvalue weighted by Crippen LogP contribution is -3.59. The molecule has 0 aliphatic rings. The van der Waals surface area contributed by atoms with Gasteiger partial charge in [0, 0.05) is 5.56 Å². The Hall–Kier alpha value is -1.38. The molecule has 21 heavy (non-hydrogen) atoms. The fourth-order valence-electron chi connectivity index (χ4n) is 1.26. The Bertz CT molecular complexity index is 549. The smallest absolute Gasteiger partial charge is 0.418 e. The summed E-state index contributed by atoms with van der Waals surface area (Å²) in [5.41, 5.74) is 0.665. The Morgan fingerprint density at radius 3 is 1.71 bits per heavy atom. The first-order valence-corrected chi connectivity index (χ1v) is 8.15. The summed E-state index contributed by atoms with van der Waals surface area (Å²) < 4.78 is 55.7. The maximum absolute atomic E-state index is 13.7. The largest absolute Gasteiger partial charge is 0.673 e. The van der Waals surface area contributed by atoms with Crippen LogP contribution in [0.3, 0.4) is 0 Å². The highest BCUT2D eigenvalue weighted by Gasteiger charge is 2.20. The molecule has 2 rings (SSSR count). The van der Waals surface area contributed by atoms with Crippen LogP contribution in [0.2, 0.25) is 0 Å². The molecule has 2 aromatic rings. The van der Waals surface area contributed by atoms with Crippen LogP contribution in [0.15, 0.2) is 64.7 Å². The summed E-state index contributed by atoms with van der Waals surface area (Å²) in [5, 5.41) is 0. The van der Waals surface area contributed by atoms with Crippen molar-refractivity contribution < 1.29 is 42.9 Å². The third-order valence-corrected chi connectivity index (χ3v) is 4.36. The van der Waals surface area contributed by atoms with Gasteiger partial charge in [-0.15, -0.1) is 0 Å². The van der Waals surface area contributed by atoms with Crippen LogP contribution < -0.4 is 21.2 Å². The van der Waals surface area contributed by atoms with Gasteiger partial charge in [-0.3, -0.25) is 0 Å². The third kappa shape index (κ3) is 9.22. The zero-order valence-corrected chi connectivity index (χ0v) is 12.9. The van der Waals surface area contributed by atoms with E-state index in [1.54, 1.807) is 16.2 Å². The van der Waals surface area contributed by atoms with Crippen LogP contribution in [0.5, 0.6) is 0 Å². The van der Waals surface area contributed by atoms with Gasteiger partial charge in [-0.05, 0) is 12.1 Å². The highest BCUT2D eigenvalue weighted by atomic mass is 127. The standard InChI is InChI=1S/C14H11FI.BF4/c15-14(12-7-3-1-4-8-12)11-16-13-9-5-2-6-10-13;2-1(3,4)5/h1-11H;/q+1;-1/b14-11-;. The second-order valence-electron chi connectivity index (χ2n) is 3.72. The molecule has 0 saturated heterocycles. The van der Waals surface area contributed by atoms with Crippen LogP contribution in [0.25, 0.3) is 5.83 Å².